The van der Waals surface area contributed by atoms with Crippen LogP contribution in [-0.4, -0.2) is 14.5 Å². The van der Waals surface area contributed by atoms with E-state index in [-0.39, 0.29) is 0 Å². The Kier molecular flexibility index (Phi) is 5.02. The Labute approximate surface area is 233 Å². The zero-order valence-corrected chi connectivity index (χ0v) is 22.5. The summed E-state index contributed by atoms with van der Waals surface area (Å²) < 4.78 is 2.32. The summed E-state index contributed by atoms with van der Waals surface area (Å²) in [5, 5.41) is 2.56. The number of nitrogens with zero attached hydrogens (tertiary/aromatic N) is 3. The van der Waals surface area contributed by atoms with E-state index in [2.05, 4.69) is 115 Å². The first-order valence-electron chi connectivity index (χ1n) is 13.8. The van der Waals surface area contributed by atoms with Crippen LogP contribution in [0.25, 0.3) is 61.1 Å². The van der Waals surface area contributed by atoms with Gasteiger partial charge in [-0.2, -0.15) is 0 Å². The van der Waals surface area contributed by atoms with Crippen LogP contribution in [0.4, 0.5) is 0 Å². The van der Waals surface area contributed by atoms with Crippen LogP contribution < -0.4 is 0 Å². The molecule has 3 aromatic heterocycles. The molecule has 3 heteroatoms. The predicted molar refractivity (Wildman–Crippen MR) is 165 cm³/mol. The first-order chi connectivity index (χ1) is 19.7. The molecule has 0 fully saturated rings. The maximum Gasteiger partial charge on any atom is 0.137 e. The number of hydrogen-bond acceptors (Lipinski definition) is 2. The number of pyridine rings is 2. The van der Waals surface area contributed by atoms with Crippen molar-refractivity contribution in [1.29, 1.82) is 0 Å². The summed E-state index contributed by atoms with van der Waals surface area (Å²) in [5.74, 6) is 0.930. The van der Waals surface area contributed by atoms with Gasteiger partial charge < -0.3 is 0 Å². The van der Waals surface area contributed by atoms with Gasteiger partial charge in [-0.3, -0.25) is 9.55 Å². The van der Waals surface area contributed by atoms with E-state index in [1.165, 1.54) is 66.3 Å². The van der Waals surface area contributed by atoms with E-state index < -0.39 is 0 Å². The lowest BCUT2D eigenvalue weighted by atomic mass is 9.97. The van der Waals surface area contributed by atoms with Crippen LogP contribution in [0.1, 0.15) is 22.3 Å². The molecule has 40 heavy (non-hydrogen) atoms. The topological polar surface area (TPSA) is 30.7 Å². The Balaban J connectivity index is 1.38. The van der Waals surface area contributed by atoms with Gasteiger partial charge in [0, 0.05) is 28.7 Å². The van der Waals surface area contributed by atoms with Crippen LogP contribution in [0.3, 0.4) is 0 Å². The smallest absolute Gasteiger partial charge is 0.137 e. The molecule has 0 saturated carbocycles. The lowest BCUT2D eigenvalue weighted by Gasteiger charge is -2.09. The Hall–Kier alpha value is -5.02. The fraction of sp³-hybridized carbons (Fsp3) is 0.0811. The summed E-state index contributed by atoms with van der Waals surface area (Å²) in [7, 11) is 0. The molecule has 0 atom stereocenters. The van der Waals surface area contributed by atoms with Gasteiger partial charge in [-0.15, -0.1) is 0 Å². The second kappa shape index (κ2) is 8.75. The van der Waals surface area contributed by atoms with E-state index in [1.807, 2.05) is 18.5 Å². The molecule has 0 aliphatic heterocycles. The molecular weight excluding hydrogens is 486 g/mol. The number of aromatic nitrogens is 3. The van der Waals surface area contributed by atoms with Crippen LogP contribution in [-0.2, 0) is 6.42 Å². The summed E-state index contributed by atoms with van der Waals surface area (Å²) in [6, 6.07) is 37.3. The van der Waals surface area contributed by atoms with Crippen molar-refractivity contribution < 1.29 is 0 Å². The molecule has 7 aromatic rings. The summed E-state index contributed by atoms with van der Waals surface area (Å²) in [6.45, 7) is 4.25. The third-order valence-corrected chi connectivity index (χ3v) is 8.43. The van der Waals surface area contributed by atoms with Crippen molar-refractivity contribution in [3.8, 4) is 39.3 Å². The van der Waals surface area contributed by atoms with E-state index in [0.29, 0.717) is 0 Å². The molecule has 0 N–H and O–H groups in total. The number of benzene rings is 4. The minimum Gasteiger partial charge on any atom is -0.294 e. The van der Waals surface area contributed by atoms with Crippen molar-refractivity contribution in [2.45, 2.75) is 20.3 Å². The molecule has 3 heterocycles. The first-order valence-corrected chi connectivity index (χ1v) is 13.8. The molecule has 190 valence electrons. The Morgan fingerprint density at radius 1 is 0.625 bits per heavy atom. The molecule has 1 aliphatic rings. The van der Waals surface area contributed by atoms with Crippen LogP contribution in [0.5, 0.6) is 0 Å². The lowest BCUT2D eigenvalue weighted by Crippen LogP contribution is -1.96. The van der Waals surface area contributed by atoms with Gasteiger partial charge in [0.15, 0.2) is 0 Å². The molecule has 0 spiro atoms. The molecule has 3 nitrogen and oxygen atoms in total. The summed E-state index contributed by atoms with van der Waals surface area (Å²) in [5.41, 5.74) is 14.8. The van der Waals surface area contributed by atoms with Gasteiger partial charge in [0.2, 0.25) is 0 Å². The molecule has 1 aliphatic carbocycles. The molecule has 0 saturated heterocycles. The standard InChI is InChI=1S/C37H27N3/c1-23-18-32(39-22-24(23)2)28-10-7-9-25(19-28)26-13-15-31-34(21-26)40(35-12-5-6-17-38-35)33-16-14-29-20-27-8-3-4-11-30(27)36(29)37(31)33/h3-19,21-22H,20H2,1-2H3. The average molecular weight is 514 g/mol. The largest absolute Gasteiger partial charge is 0.294 e. The number of rotatable bonds is 3. The number of hydrogen-bond donors (Lipinski definition) is 0. The highest BCUT2D eigenvalue weighted by Crippen LogP contribution is 2.46. The quantitative estimate of drug-likeness (QED) is 0.236. The molecule has 0 bridgehead atoms. The maximum atomic E-state index is 4.79. The number of aryl methyl sites for hydroxylation is 2. The Bertz CT molecular complexity index is 2100. The van der Waals surface area contributed by atoms with E-state index in [4.69, 9.17) is 9.97 Å². The van der Waals surface area contributed by atoms with Gasteiger partial charge in [0.25, 0.3) is 0 Å². The molecule has 8 rings (SSSR count). The average Bonchev–Trinajstić information content (AvgIpc) is 3.54. The highest BCUT2D eigenvalue weighted by atomic mass is 15.1. The second-order valence-corrected chi connectivity index (χ2v) is 10.8. The number of fused-ring (bicyclic) bond motifs is 7. The minimum absolute atomic E-state index is 0.930. The predicted octanol–water partition coefficient (Wildman–Crippen LogP) is 9.10. The summed E-state index contributed by atoms with van der Waals surface area (Å²) in [6.07, 6.45) is 4.82. The Morgan fingerprint density at radius 3 is 2.35 bits per heavy atom. The van der Waals surface area contributed by atoms with Gasteiger partial charge in [-0.1, -0.05) is 66.7 Å². The van der Waals surface area contributed by atoms with Gasteiger partial charge >= 0.3 is 0 Å². The van der Waals surface area contributed by atoms with Gasteiger partial charge in [0.1, 0.15) is 5.82 Å². The Morgan fingerprint density at radius 2 is 1.48 bits per heavy atom. The van der Waals surface area contributed by atoms with Crippen molar-refractivity contribution >= 4 is 21.8 Å². The van der Waals surface area contributed by atoms with E-state index in [0.717, 1.165) is 23.5 Å². The molecular formula is C37H27N3. The fourth-order valence-electron chi connectivity index (χ4n) is 6.28. The van der Waals surface area contributed by atoms with Crippen molar-refractivity contribution in [3.63, 3.8) is 0 Å². The first kappa shape index (κ1) is 22.9. The van der Waals surface area contributed by atoms with Crippen molar-refractivity contribution in [1.82, 2.24) is 14.5 Å². The third-order valence-electron chi connectivity index (χ3n) is 8.43. The van der Waals surface area contributed by atoms with Crippen LogP contribution in [0, 0.1) is 13.8 Å². The highest BCUT2D eigenvalue weighted by Gasteiger charge is 2.25. The second-order valence-electron chi connectivity index (χ2n) is 10.8. The third kappa shape index (κ3) is 3.44. The lowest BCUT2D eigenvalue weighted by molar-refractivity contribution is 1.08. The fourth-order valence-corrected chi connectivity index (χ4v) is 6.28. The van der Waals surface area contributed by atoms with Crippen LogP contribution >= 0.6 is 0 Å². The van der Waals surface area contributed by atoms with E-state index in [9.17, 15) is 0 Å². The van der Waals surface area contributed by atoms with E-state index in [1.54, 1.807) is 0 Å². The molecule has 0 amide bonds. The normalized spacial score (nSPS) is 12.2. The van der Waals surface area contributed by atoms with Crippen LogP contribution in [0.2, 0.25) is 0 Å². The zero-order chi connectivity index (χ0) is 26.8. The monoisotopic (exact) mass is 513 g/mol. The summed E-state index contributed by atoms with van der Waals surface area (Å²) >= 11 is 0. The van der Waals surface area contributed by atoms with Crippen molar-refractivity contribution in [3.05, 3.63) is 138 Å². The van der Waals surface area contributed by atoms with Crippen molar-refractivity contribution in [2.24, 2.45) is 0 Å². The zero-order valence-electron chi connectivity index (χ0n) is 22.5. The minimum atomic E-state index is 0.930. The van der Waals surface area contributed by atoms with E-state index >= 15 is 0 Å². The van der Waals surface area contributed by atoms with Crippen molar-refractivity contribution in [2.75, 3.05) is 0 Å². The molecule has 4 aromatic carbocycles. The van der Waals surface area contributed by atoms with Gasteiger partial charge in [0.05, 0.1) is 16.7 Å². The van der Waals surface area contributed by atoms with Gasteiger partial charge in [-0.05, 0) is 101 Å². The SMILES string of the molecule is Cc1cnc(-c2cccc(-c3ccc4c5c6c(ccc5n(-c5ccccn5)c4c3)Cc3ccccc3-6)c2)cc1C. The van der Waals surface area contributed by atoms with Gasteiger partial charge in [-0.25, -0.2) is 4.98 Å². The maximum absolute atomic E-state index is 4.79. The van der Waals surface area contributed by atoms with Crippen LogP contribution in [0.15, 0.2) is 116 Å². The highest BCUT2D eigenvalue weighted by molar-refractivity contribution is 6.17. The summed E-state index contributed by atoms with van der Waals surface area (Å²) in [4.78, 5) is 9.50. The molecule has 0 radical (unpaired) electrons. The molecule has 0 unspecified atom stereocenters.